The Morgan fingerprint density at radius 3 is 2.50 bits per heavy atom. The van der Waals surface area contributed by atoms with Crippen LogP contribution in [0.3, 0.4) is 0 Å². The van der Waals surface area contributed by atoms with Crippen LogP contribution in [0.25, 0.3) is 0 Å². The molecule has 1 aliphatic rings. The van der Waals surface area contributed by atoms with Crippen LogP contribution < -0.4 is 0 Å². The lowest BCUT2D eigenvalue weighted by Gasteiger charge is -2.26. The molecule has 0 bridgehead atoms. The van der Waals surface area contributed by atoms with Crippen molar-refractivity contribution in [3.63, 3.8) is 0 Å². The van der Waals surface area contributed by atoms with E-state index in [2.05, 4.69) is 0 Å². The van der Waals surface area contributed by atoms with Gasteiger partial charge in [-0.05, 0) is 19.4 Å². The quantitative estimate of drug-likeness (QED) is 0.605. The Kier molecular flexibility index (Phi) is 9.57. The van der Waals surface area contributed by atoms with Crippen molar-refractivity contribution < 1.29 is 24.1 Å². The van der Waals surface area contributed by atoms with Crippen molar-refractivity contribution in [3.05, 3.63) is 0 Å². The lowest BCUT2D eigenvalue weighted by molar-refractivity contribution is -0.143. The van der Waals surface area contributed by atoms with Gasteiger partial charge in [-0.2, -0.15) is 0 Å². The van der Waals surface area contributed by atoms with Gasteiger partial charge in [0, 0.05) is 13.7 Å². The smallest absolute Gasteiger partial charge is 0.320 e. The van der Waals surface area contributed by atoms with Gasteiger partial charge in [-0.3, -0.25) is 9.69 Å². The summed E-state index contributed by atoms with van der Waals surface area (Å²) in [7, 11) is 1.64. The molecule has 1 fully saturated rings. The van der Waals surface area contributed by atoms with Gasteiger partial charge in [-0.1, -0.05) is 12.8 Å². The van der Waals surface area contributed by atoms with Crippen LogP contribution in [0.15, 0.2) is 0 Å². The first kappa shape index (κ1) is 17.4. The number of aliphatic carboxylic acids is 1. The Hall–Kier alpha value is -0.690. The molecular weight excluding hydrogens is 262 g/mol. The number of methoxy groups -OCH3 is 1. The second-order valence-corrected chi connectivity index (χ2v) is 4.96. The van der Waals surface area contributed by atoms with Gasteiger partial charge < -0.3 is 19.3 Å². The molecule has 1 unspecified atom stereocenters. The van der Waals surface area contributed by atoms with Gasteiger partial charge in [0.1, 0.15) is 6.04 Å². The van der Waals surface area contributed by atoms with E-state index in [0.717, 1.165) is 32.2 Å². The number of carbonyl (C=O) groups is 1. The largest absolute Gasteiger partial charge is 0.480 e. The summed E-state index contributed by atoms with van der Waals surface area (Å²) in [5, 5.41) is 9.24. The van der Waals surface area contributed by atoms with Crippen molar-refractivity contribution >= 4 is 5.97 Å². The van der Waals surface area contributed by atoms with Gasteiger partial charge in [-0.25, -0.2) is 0 Å². The van der Waals surface area contributed by atoms with Crippen molar-refractivity contribution in [2.24, 2.45) is 0 Å². The molecule has 1 N–H and O–H groups in total. The highest BCUT2D eigenvalue weighted by Gasteiger charge is 2.26. The summed E-state index contributed by atoms with van der Waals surface area (Å²) < 4.78 is 15.6. The topological polar surface area (TPSA) is 68.2 Å². The van der Waals surface area contributed by atoms with Crippen LogP contribution >= 0.6 is 0 Å². The molecule has 6 heteroatoms. The number of ether oxygens (including phenoxy) is 3. The summed E-state index contributed by atoms with van der Waals surface area (Å²) in [6, 6.07) is -0.348. The Balaban J connectivity index is 2.10. The number of likely N-dealkylation sites (tertiary alicyclic amines) is 1. The molecule has 6 nitrogen and oxygen atoms in total. The van der Waals surface area contributed by atoms with Crippen molar-refractivity contribution in [3.8, 4) is 0 Å². The number of carboxylic acid groups (broad SMARTS) is 1. The summed E-state index contributed by atoms with van der Waals surface area (Å²) in [4.78, 5) is 13.3. The van der Waals surface area contributed by atoms with E-state index in [1.54, 1.807) is 7.11 Å². The van der Waals surface area contributed by atoms with Crippen LogP contribution in [0.4, 0.5) is 0 Å². The van der Waals surface area contributed by atoms with Crippen molar-refractivity contribution in [1.29, 1.82) is 0 Å². The molecule has 0 saturated carbocycles. The highest BCUT2D eigenvalue weighted by molar-refractivity contribution is 5.73. The molecule has 20 heavy (non-hydrogen) atoms. The number of rotatable bonds is 10. The first-order valence-corrected chi connectivity index (χ1v) is 7.37. The van der Waals surface area contributed by atoms with Gasteiger partial charge in [0.15, 0.2) is 0 Å². The average molecular weight is 289 g/mol. The molecule has 0 aromatic carbocycles. The summed E-state index contributed by atoms with van der Waals surface area (Å²) in [6.45, 7) is 4.33. The summed E-state index contributed by atoms with van der Waals surface area (Å²) in [5.41, 5.74) is 0. The predicted octanol–water partition coefficient (Wildman–Crippen LogP) is 0.995. The lowest BCUT2D eigenvalue weighted by Crippen LogP contribution is -2.42. The van der Waals surface area contributed by atoms with Gasteiger partial charge in [-0.15, -0.1) is 0 Å². The SMILES string of the molecule is COCCOCCOCCN1CCCCCC1C(=O)O. The van der Waals surface area contributed by atoms with Crippen LogP contribution in [0.2, 0.25) is 0 Å². The first-order chi connectivity index (χ1) is 9.75. The van der Waals surface area contributed by atoms with Crippen molar-refractivity contribution in [2.75, 3.05) is 53.2 Å². The van der Waals surface area contributed by atoms with Crippen LogP contribution in [-0.2, 0) is 19.0 Å². The molecule has 0 spiro atoms. The Labute approximate surface area is 121 Å². The van der Waals surface area contributed by atoms with Crippen molar-refractivity contribution in [1.82, 2.24) is 4.90 Å². The fourth-order valence-corrected chi connectivity index (χ4v) is 2.36. The van der Waals surface area contributed by atoms with E-state index in [1.165, 1.54) is 0 Å². The van der Waals surface area contributed by atoms with Gasteiger partial charge in [0.05, 0.1) is 33.0 Å². The molecule has 0 aromatic heterocycles. The van der Waals surface area contributed by atoms with E-state index >= 15 is 0 Å². The molecule has 0 aliphatic carbocycles. The third-order valence-electron chi connectivity index (χ3n) is 3.48. The number of nitrogens with zero attached hydrogens (tertiary/aromatic N) is 1. The second kappa shape index (κ2) is 11.0. The molecule has 118 valence electrons. The zero-order valence-corrected chi connectivity index (χ0v) is 12.4. The highest BCUT2D eigenvalue weighted by atomic mass is 16.5. The standard InChI is InChI=1S/C14H27NO5/c1-18-9-10-20-12-11-19-8-7-15-6-4-2-3-5-13(15)14(16)17/h13H,2-12H2,1H3,(H,16,17). The van der Waals surface area contributed by atoms with E-state index in [4.69, 9.17) is 14.2 Å². The summed E-state index contributed by atoms with van der Waals surface area (Å²) >= 11 is 0. The minimum Gasteiger partial charge on any atom is -0.480 e. The van der Waals surface area contributed by atoms with Gasteiger partial charge in [0.25, 0.3) is 0 Å². The number of hydrogen-bond acceptors (Lipinski definition) is 5. The molecule has 0 aromatic rings. The third-order valence-corrected chi connectivity index (χ3v) is 3.48. The van der Waals surface area contributed by atoms with Gasteiger partial charge >= 0.3 is 5.97 Å². The molecule has 0 radical (unpaired) electrons. The minimum atomic E-state index is -0.713. The second-order valence-electron chi connectivity index (χ2n) is 4.96. The van der Waals surface area contributed by atoms with E-state index in [1.807, 2.05) is 4.90 Å². The number of carboxylic acids is 1. The minimum absolute atomic E-state index is 0.348. The summed E-state index contributed by atoms with van der Waals surface area (Å²) in [5.74, 6) is -0.713. The molecule has 1 aliphatic heterocycles. The van der Waals surface area contributed by atoms with E-state index in [0.29, 0.717) is 39.6 Å². The zero-order valence-electron chi connectivity index (χ0n) is 12.4. The van der Waals surface area contributed by atoms with E-state index in [-0.39, 0.29) is 6.04 Å². The number of hydrogen-bond donors (Lipinski definition) is 1. The van der Waals surface area contributed by atoms with Crippen LogP contribution in [0.1, 0.15) is 25.7 Å². The van der Waals surface area contributed by atoms with Crippen LogP contribution in [0, 0.1) is 0 Å². The molecule has 1 saturated heterocycles. The molecule has 1 atom stereocenters. The van der Waals surface area contributed by atoms with Crippen molar-refractivity contribution in [2.45, 2.75) is 31.7 Å². The van der Waals surface area contributed by atoms with E-state index in [9.17, 15) is 9.90 Å². The van der Waals surface area contributed by atoms with E-state index < -0.39 is 5.97 Å². The Morgan fingerprint density at radius 1 is 1.10 bits per heavy atom. The fraction of sp³-hybridized carbons (Fsp3) is 0.929. The highest BCUT2D eigenvalue weighted by Crippen LogP contribution is 2.16. The predicted molar refractivity (Wildman–Crippen MR) is 75.0 cm³/mol. The monoisotopic (exact) mass is 289 g/mol. The van der Waals surface area contributed by atoms with Gasteiger partial charge in [0.2, 0.25) is 0 Å². The Morgan fingerprint density at radius 2 is 1.80 bits per heavy atom. The third kappa shape index (κ3) is 7.19. The molecule has 1 rings (SSSR count). The zero-order chi connectivity index (χ0) is 14.6. The van der Waals surface area contributed by atoms with Crippen LogP contribution in [-0.4, -0.2) is 75.3 Å². The fourth-order valence-electron chi connectivity index (χ4n) is 2.36. The molecular formula is C14H27NO5. The first-order valence-electron chi connectivity index (χ1n) is 7.37. The Bertz CT molecular complexity index is 262. The maximum atomic E-state index is 11.2. The average Bonchev–Trinajstić information content (AvgIpc) is 2.67. The lowest BCUT2D eigenvalue weighted by atomic mass is 10.1. The maximum Gasteiger partial charge on any atom is 0.320 e. The maximum absolute atomic E-state index is 11.2. The van der Waals surface area contributed by atoms with Crippen LogP contribution in [0.5, 0.6) is 0 Å². The molecule has 1 heterocycles. The molecule has 0 amide bonds. The summed E-state index contributed by atoms with van der Waals surface area (Å²) in [6.07, 6.45) is 3.94. The normalized spacial score (nSPS) is 20.8.